The number of ether oxygens (including phenoxy) is 2. The molecule has 35 heavy (non-hydrogen) atoms. The number of H-pyrrole nitrogens is 1. The van der Waals surface area contributed by atoms with Crippen LogP contribution in [0.15, 0.2) is 40.4 Å². The van der Waals surface area contributed by atoms with Crippen molar-refractivity contribution < 1.29 is 14.3 Å². The predicted octanol–water partition coefficient (Wildman–Crippen LogP) is 4.16. The fraction of sp³-hybridized carbons (Fsp3) is 0.440. The molecule has 0 atom stereocenters. The third-order valence-electron chi connectivity index (χ3n) is 5.92. The largest absolute Gasteiger partial charge is 0.487 e. The Morgan fingerprint density at radius 3 is 2.66 bits per heavy atom. The molecule has 3 aromatic rings. The highest BCUT2D eigenvalue weighted by molar-refractivity contribution is 7.99. The van der Waals surface area contributed by atoms with Crippen LogP contribution in [0.1, 0.15) is 31.0 Å². The Labute approximate surface area is 209 Å². The summed E-state index contributed by atoms with van der Waals surface area (Å²) in [6, 6.07) is 10.0. The molecule has 1 aromatic carbocycles. The van der Waals surface area contributed by atoms with Gasteiger partial charge in [0.1, 0.15) is 5.78 Å². The van der Waals surface area contributed by atoms with Gasteiger partial charge >= 0.3 is 0 Å². The number of carbonyl (C=O) groups is 1. The van der Waals surface area contributed by atoms with Gasteiger partial charge in [-0.3, -0.25) is 9.89 Å². The van der Waals surface area contributed by atoms with Crippen LogP contribution in [0.3, 0.4) is 0 Å². The average molecular weight is 495 g/mol. The number of nitrogens with zero attached hydrogens (tertiary/aromatic N) is 4. The first-order chi connectivity index (χ1) is 17.1. The molecule has 1 aliphatic heterocycles. The van der Waals surface area contributed by atoms with Gasteiger partial charge in [-0.15, -0.1) is 0 Å². The first-order valence-electron chi connectivity index (χ1n) is 12.0. The number of carbonyl (C=O) groups excluding carboxylic acids is 1. The number of aromatic nitrogens is 4. The third kappa shape index (κ3) is 5.94. The molecule has 2 N–H and O–H groups in total. The second-order valence-electron chi connectivity index (χ2n) is 8.76. The summed E-state index contributed by atoms with van der Waals surface area (Å²) in [6.07, 6.45) is 2.59. The minimum atomic E-state index is 0.282. The van der Waals surface area contributed by atoms with Crippen LogP contribution >= 0.6 is 11.8 Å². The van der Waals surface area contributed by atoms with E-state index in [2.05, 4.69) is 20.4 Å². The van der Waals surface area contributed by atoms with Crippen LogP contribution in [0.5, 0.6) is 5.75 Å². The molecule has 5 rings (SSSR count). The van der Waals surface area contributed by atoms with E-state index in [0.717, 1.165) is 47.9 Å². The minimum Gasteiger partial charge on any atom is -0.487 e. The van der Waals surface area contributed by atoms with E-state index in [0.29, 0.717) is 54.6 Å². The highest BCUT2D eigenvalue weighted by Gasteiger charge is 2.29. The van der Waals surface area contributed by atoms with Gasteiger partial charge in [0, 0.05) is 42.1 Å². The molecule has 3 heterocycles. The Morgan fingerprint density at radius 1 is 1.23 bits per heavy atom. The van der Waals surface area contributed by atoms with E-state index in [1.165, 1.54) is 11.8 Å². The van der Waals surface area contributed by atoms with Crippen LogP contribution in [0.4, 0.5) is 17.5 Å². The molecule has 0 amide bonds. The van der Waals surface area contributed by atoms with E-state index in [1.54, 1.807) is 0 Å². The highest BCUT2D eigenvalue weighted by atomic mass is 32.2. The van der Waals surface area contributed by atoms with Crippen molar-refractivity contribution in [3.05, 3.63) is 41.6 Å². The summed E-state index contributed by atoms with van der Waals surface area (Å²) in [5, 5.41) is 11.2. The molecule has 2 aromatic heterocycles. The van der Waals surface area contributed by atoms with Crippen LogP contribution < -0.4 is 15.0 Å². The van der Waals surface area contributed by atoms with E-state index in [1.807, 2.05) is 44.2 Å². The predicted molar refractivity (Wildman–Crippen MR) is 135 cm³/mol. The van der Waals surface area contributed by atoms with E-state index in [4.69, 9.17) is 19.4 Å². The molecule has 0 spiro atoms. The molecular weight excluding hydrogens is 464 g/mol. The SMILES string of the molecule is CCOc1c(Nc2cc(C)[nH]n2)nc(Sc2ccc(CC(=O)C3CC3)cc2)nc1N1CCOCC1. The van der Waals surface area contributed by atoms with Crippen molar-refractivity contribution in [1.82, 2.24) is 20.2 Å². The lowest BCUT2D eigenvalue weighted by Crippen LogP contribution is -2.37. The van der Waals surface area contributed by atoms with Crippen LogP contribution in [-0.2, 0) is 16.0 Å². The number of hydrogen-bond donors (Lipinski definition) is 2. The molecule has 2 fully saturated rings. The maximum absolute atomic E-state index is 12.1. The maximum Gasteiger partial charge on any atom is 0.205 e. The monoisotopic (exact) mass is 494 g/mol. The zero-order chi connectivity index (χ0) is 24.2. The van der Waals surface area contributed by atoms with Crippen LogP contribution in [-0.4, -0.2) is 58.9 Å². The Bertz CT molecular complexity index is 1170. The molecule has 1 saturated carbocycles. The molecular formula is C25H30N6O3S. The zero-order valence-corrected chi connectivity index (χ0v) is 20.9. The quantitative estimate of drug-likeness (QED) is 0.402. The first-order valence-corrected chi connectivity index (χ1v) is 12.9. The van der Waals surface area contributed by atoms with Gasteiger partial charge in [-0.25, -0.2) is 9.97 Å². The molecule has 1 aliphatic carbocycles. The van der Waals surface area contributed by atoms with E-state index in [-0.39, 0.29) is 5.92 Å². The highest BCUT2D eigenvalue weighted by Crippen LogP contribution is 2.38. The lowest BCUT2D eigenvalue weighted by atomic mass is 10.1. The van der Waals surface area contributed by atoms with Crippen molar-refractivity contribution in [2.75, 3.05) is 43.1 Å². The maximum atomic E-state index is 12.1. The summed E-state index contributed by atoms with van der Waals surface area (Å²) in [6.45, 7) is 7.12. The molecule has 1 saturated heterocycles. The van der Waals surface area contributed by atoms with Crippen LogP contribution in [0.2, 0.25) is 0 Å². The van der Waals surface area contributed by atoms with E-state index >= 15 is 0 Å². The number of hydrogen-bond acceptors (Lipinski definition) is 9. The van der Waals surface area contributed by atoms with Gasteiger partial charge < -0.3 is 19.7 Å². The standard InChI is InChI=1S/C25H30N6O3S/c1-3-34-22-23(26-21-14-16(2)29-30-21)27-25(28-24(22)31-10-12-33-13-11-31)35-19-8-4-17(5-9-19)15-20(32)18-6-7-18/h4-5,8-9,14,18H,3,6-7,10-13,15H2,1-2H3,(H2,26,27,28,29,30). The summed E-state index contributed by atoms with van der Waals surface area (Å²) in [5.74, 6) is 3.21. The van der Waals surface area contributed by atoms with Crippen molar-refractivity contribution >= 4 is 35.0 Å². The van der Waals surface area contributed by atoms with Crippen LogP contribution in [0, 0.1) is 12.8 Å². The van der Waals surface area contributed by atoms with Gasteiger partial charge in [0.15, 0.2) is 22.6 Å². The number of aromatic amines is 1. The lowest BCUT2D eigenvalue weighted by Gasteiger charge is -2.30. The van der Waals surface area contributed by atoms with Crippen molar-refractivity contribution in [2.24, 2.45) is 5.92 Å². The molecule has 9 nitrogen and oxygen atoms in total. The number of anilines is 3. The van der Waals surface area contributed by atoms with Crippen molar-refractivity contribution in [2.45, 2.75) is 43.2 Å². The second kappa shape index (κ2) is 10.7. The van der Waals surface area contributed by atoms with E-state index < -0.39 is 0 Å². The fourth-order valence-electron chi connectivity index (χ4n) is 3.95. The topological polar surface area (TPSA) is 105 Å². The summed E-state index contributed by atoms with van der Waals surface area (Å²) >= 11 is 1.48. The van der Waals surface area contributed by atoms with Gasteiger partial charge in [0.25, 0.3) is 0 Å². The second-order valence-corrected chi connectivity index (χ2v) is 9.81. The normalized spacial score (nSPS) is 15.8. The summed E-state index contributed by atoms with van der Waals surface area (Å²) < 4.78 is 11.6. The molecule has 10 heteroatoms. The fourth-order valence-corrected chi connectivity index (χ4v) is 4.70. The Morgan fingerprint density at radius 2 is 2.00 bits per heavy atom. The van der Waals surface area contributed by atoms with Gasteiger partial charge in [-0.2, -0.15) is 5.10 Å². The van der Waals surface area contributed by atoms with Crippen LogP contribution in [0.25, 0.3) is 0 Å². The Balaban J connectivity index is 1.43. The van der Waals surface area contributed by atoms with Crippen molar-refractivity contribution in [1.29, 1.82) is 0 Å². The molecule has 2 aliphatic rings. The zero-order valence-electron chi connectivity index (χ0n) is 20.0. The average Bonchev–Trinajstić information content (AvgIpc) is 3.64. The summed E-state index contributed by atoms with van der Waals surface area (Å²) in [7, 11) is 0. The number of Topliss-reactive ketones (excluding diaryl/α,β-unsaturated/α-hetero) is 1. The van der Waals surface area contributed by atoms with Crippen molar-refractivity contribution in [3.63, 3.8) is 0 Å². The number of nitrogens with one attached hydrogen (secondary N) is 2. The molecule has 0 bridgehead atoms. The third-order valence-corrected chi connectivity index (χ3v) is 6.80. The minimum absolute atomic E-state index is 0.282. The summed E-state index contributed by atoms with van der Waals surface area (Å²) in [4.78, 5) is 25.0. The number of aryl methyl sites for hydroxylation is 1. The van der Waals surface area contributed by atoms with Gasteiger partial charge in [-0.1, -0.05) is 12.1 Å². The van der Waals surface area contributed by atoms with Crippen molar-refractivity contribution in [3.8, 4) is 5.75 Å². The summed E-state index contributed by atoms with van der Waals surface area (Å²) in [5.41, 5.74) is 1.99. The molecule has 184 valence electrons. The first kappa shape index (κ1) is 23.6. The Hall–Kier alpha value is -3.11. The number of morpholine rings is 1. The smallest absolute Gasteiger partial charge is 0.205 e. The molecule has 0 radical (unpaired) electrons. The van der Waals surface area contributed by atoms with Gasteiger partial charge in [0.2, 0.25) is 5.75 Å². The Kier molecular flexibility index (Phi) is 7.19. The van der Waals surface area contributed by atoms with E-state index in [9.17, 15) is 4.79 Å². The number of rotatable bonds is 10. The molecule has 0 unspecified atom stereocenters. The number of benzene rings is 1. The lowest BCUT2D eigenvalue weighted by molar-refractivity contribution is -0.119. The number of ketones is 1. The van der Waals surface area contributed by atoms with Gasteiger partial charge in [-0.05, 0) is 56.1 Å². The van der Waals surface area contributed by atoms with Gasteiger partial charge in [0.05, 0.1) is 19.8 Å².